The molecule has 2 aromatic heterocycles. The van der Waals surface area contributed by atoms with Crippen LogP contribution in [0.1, 0.15) is 69.6 Å². The number of morpholine rings is 2. The van der Waals surface area contributed by atoms with Gasteiger partial charge in [0.1, 0.15) is 9.75 Å². The zero-order valence-corrected chi connectivity index (χ0v) is 33.4. The van der Waals surface area contributed by atoms with E-state index >= 15 is 0 Å². The molecule has 0 atom stereocenters. The predicted octanol–water partition coefficient (Wildman–Crippen LogP) is 4.70. The Morgan fingerprint density at radius 1 is 0.804 bits per heavy atom. The molecule has 0 spiro atoms. The lowest BCUT2D eigenvalue weighted by Crippen LogP contribution is -2.43. The summed E-state index contributed by atoms with van der Waals surface area (Å²) in [6.45, 7) is 13.7. The summed E-state index contributed by atoms with van der Waals surface area (Å²) in [5.41, 5.74) is 5.76. The second-order valence-corrected chi connectivity index (χ2v) is 14.9. The highest BCUT2D eigenvalue weighted by Crippen LogP contribution is 2.28. The van der Waals surface area contributed by atoms with Crippen LogP contribution in [0.2, 0.25) is 0 Å². The number of anilines is 1. The van der Waals surface area contributed by atoms with Gasteiger partial charge in [0.2, 0.25) is 11.8 Å². The monoisotopic (exact) mass is 808 g/mol. The molecule has 0 radical (unpaired) electrons. The molecule has 15 heteroatoms. The van der Waals surface area contributed by atoms with Gasteiger partial charge in [-0.1, -0.05) is 51.4 Å². The Balaban J connectivity index is 0.000000295. The van der Waals surface area contributed by atoms with Crippen LogP contribution in [0.3, 0.4) is 0 Å². The topological polar surface area (TPSA) is 150 Å². The van der Waals surface area contributed by atoms with Crippen molar-refractivity contribution >= 4 is 68.0 Å². The Labute approximate surface area is 317 Å². The summed E-state index contributed by atoms with van der Waals surface area (Å²) in [5, 5.41) is 3.05. The molecule has 0 aliphatic carbocycles. The summed E-state index contributed by atoms with van der Waals surface area (Å²) in [5.74, 6) is 12.6. The van der Waals surface area contributed by atoms with E-state index in [-0.39, 0.29) is 30.9 Å². The van der Waals surface area contributed by atoms with Gasteiger partial charge in [-0.3, -0.25) is 9.59 Å². The van der Waals surface area contributed by atoms with Crippen LogP contribution < -0.4 is 11.1 Å². The first-order valence-electron chi connectivity index (χ1n) is 16.6. The van der Waals surface area contributed by atoms with Gasteiger partial charge in [0.05, 0.1) is 69.2 Å². The van der Waals surface area contributed by atoms with E-state index in [1.165, 1.54) is 36.9 Å². The summed E-state index contributed by atoms with van der Waals surface area (Å²) >= 11 is 5.95. The maximum atomic E-state index is 12.2. The Morgan fingerprint density at radius 2 is 1.25 bits per heavy atom. The predicted molar refractivity (Wildman–Crippen MR) is 204 cm³/mol. The molecule has 2 aromatic rings. The molecule has 2 aliphatic rings. The van der Waals surface area contributed by atoms with Crippen molar-refractivity contribution in [3.63, 3.8) is 0 Å². The summed E-state index contributed by atoms with van der Waals surface area (Å²) in [4.78, 5) is 52.6. The quantitative estimate of drug-likeness (QED) is 0.284. The number of esters is 2. The number of carbonyl (C=O) groups excluding carboxylic acids is 4. The maximum Gasteiger partial charge on any atom is 0.350 e. The van der Waals surface area contributed by atoms with Crippen LogP contribution in [0.4, 0.5) is 5.69 Å². The molecule has 0 unspecified atom stereocenters. The second kappa shape index (κ2) is 23.9. The molecule has 12 nitrogen and oxygen atoms in total. The summed E-state index contributed by atoms with van der Waals surface area (Å²) in [7, 11) is 2.72. The van der Waals surface area contributed by atoms with Crippen LogP contribution in [-0.4, -0.2) is 113 Å². The van der Waals surface area contributed by atoms with Crippen molar-refractivity contribution in [2.75, 3.05) is 85.2 Å². The van der Waals surface area contributed by atoms with Crippen molar-refractivity contribution in [1.82, 2.24) is 9.80 Å². The maximum absolute atomic E-state index is 12.2. The standard InChI is InChI=1S/C18H24N2O4S.C12H13BrO2S.C6H12N2O2/c1-13(2)5-4-6-14-11-15(17(25-14)18(22)23-3)19-12-16(21)20-7-9-24-10-8-20;1-8(2)5-4-6-9-7-10(13)11(16-9)12(14)15-3;7-5-6(9)8-1-3-10-4-2-8/h11,13,19H,5,7-10,12H2,1-3H3;7-8H,5H2,1-3H3;1-5,7H2. The molecular formula is C36H49BrN4O8S2. The Bertz CT molecular complexity index is 1560. The lowest BCUT2D eigenvalue weighted by atomic mass is 10.1. The molecule has 2 saturated heterocycles. The van der Waals surface area contributed by atoms with Crippen LogP contribution in [0, 0.1) is 35.5 Å². The minimum Gasteiger partial charge on any atom is -0.465 e. The Morgan fingerprint density at radius 3 is 1.73 bits per heavy atom. The number of thiophene rings is 2. The van der Waals surface area contributed by atoms with E-state index in [1.54, 1.807) is 15.9 Å². The fraction of sp³-hybridized carbons (Fsp3) is 0.556. The van der Waals surface area contributed by atoms with E-state index in [9.17, 15) is 19.2 Å². The third-order valence-corrected chi connectivity index (χ3v) is 9.89. The number of ether oxygens (including phenoxy) is 4. The normalized spacial score (nSPS) is 13.7. The Hall–Kier alpha value is -3.44. The molecule has 4 heterocycles. The Kier molecular flexibility index (Phi) is 20.5. The van der Waals surface area contributed by atoms with Crippen molar-refractivity contribution in [3.8, 4) is 23.7 Å². The van der Waals surface area contributed by atoms with Crippen molar-refractivity contribution in [1.29, 1.82) is 0 Å². The third-order valence-electron chi connectivity index (χ3n) is 6.94. The number of carbonyl (C=O) groups is 4. The highest BCUT2D eigenvalue weighted by molar-refractivity contribution is 9.10. The third kappa shape index (κ3) is 16.2. The highest BCUT2D eigenvalue weighted by atomic mass is 79.9. The van der Waals surface area contributed by atoms with Gasteiger partial charge in [0.25, 0.3) is 0 Å². The van der Waals surface area contributed by atoms with Crippen molar-refractivity contribution < 1.29 is 38.1 Å². The van der Waals surface area contributed by atoms with E-state index in [0.717, 1.165) is 27.1 Å². The first-order valence-corrected chi connectivity index (χ1v) is 19.0. The number of amides is 2. The average Bonchev–Trinajstić information content (AvgIpc) is 3.73. The minimum absolute atomic E-state index is 0.0160. The van der Waals surface area contributed by atoms with Gasteiger partial charge >= 0.3 is 11.9 Å². The van der Waals surface area contributed by atoms with Crippen LogP contribution in [0.5, 0.6) is 0 Å². The SMILES string of the molecule is COC(=O)c1sc(C#CCC(C)C)cc1Br.COC(=O)c1sc(C#CCC(C)C)cc1NCC(=O)N1CCOCC1.NCC(=O)N1CCOCC1. The van der Waals surface area contributed by atoms with Crippen LogP contribution >= 0.6 is 38.6 Å². The van der Waals surface area contributed by atoms with Gasteiger partial charge in [-0.25, -0.2) is 9.59 Å². The number of nitrogens with zero attached hydrogens (tertiary/aromatic N) is 2. The summed E-state index contributed by atoms with van der Waals surface area (Å²) in [6.07, 6.45) is 1.66. The molecule has 4 rings (SSSR count). The largest absolute Gasteiger partial charge is 0.465 e. The molecule has 3 N–H and O–H groups in total. The van der Waals surface area contributed by atoms with Gasteiger partial charge in [0, 0.05) is 43.5 Å². The molecule has 51 heavy (non-hydrogen) atoms. The van der Waals surface area contributed by atoms with Gasteiger partial charge in [-0.15, -0.1) is 22.7 Å². The van der Waals surface area contributed by atoms with E-state index < -0.39 is 5.97 Å². The summed E-state index contributed by atoms with van der Waals surface area (Å²) in [6, 6.07) is 3.65. The first-order chi connectivity index (χ1) is 24.4. The molecule has 2 fully saturated rings. The number of nitrogens with two attached hydrogens (primary N) is 1. The molecule has 0 aromatic carbocycles. The fourth-order valence-electron chi connectivity index (χ4n) is 4.21. The fourth-order valence-corrected chi connectivity index (χ4v) is 6.77. The van der Waals surface area contributed by atoms with E-state index in [0.29, 0.717) is 79.9 Å². The number of hydrogen-bond acceptors (Lipinski definition) is 12. The zero-order chi connectivity index (χ0) is 37.8. The molecular weight excluding hydrogens is 760 g/mol. The number of hydrogen-bond donors (Lipinski definition) is 2. The number of rotatable bonds is 8. The average molecular weight is 810 g/mol. The lowest BCUT2D eigenvalue weighted by Gasteiger charge is -2.27. The van der Waals surface area contributed by atoms with Crippen molar-refractivity contribution in [2.45, 2.75) is 40.5 Å². The van der Waals surface area contributed by atoms with Gasteiger partial charge in [0.15, 0.2) is 0 Å². The van der Waals surface area contributed by atoms with Crippen LogP contribution in [-0.2, 0) is 28.5 Å². The smallest absolute Gasteiger partial charge is 0.350 e. The first kappa shape index (κ1) is 43.7. The van der Waals surface area contributed by atoms with E-state index in [1.807, 2.05) is 6.07 Å². The van der Waals surface area contributed by atoms with Crippen LogP contribution in [0.15, 0.2) is 16.6 Å². The van der Waals surface area contributed by atoms with Gasteiger partial charge in [-0.2, -0.15) is 0 Å². The number of nitrogens with one attached hydrogen (secondary N) is 1. The lowest BCUT2D eigenvalue weighted by molar-refractivity contribution is -0.134. The molecule has 2 amide bonds. The number of methoxy groups -OCH3 is 2. The van der Waals surface area contributed by atoms with Crippen molar-refractivity contribution in [2.24, 2.45) is 17.6 Å². The molecule has 280 valence electrons. The minimum atomic E-state index is -0.428. The highest BCUT2D eigenvalue weighted by Gasteiger charge is 2.20. The van der Waals surface area contributed by atoms with E-state index in [2.05, 4.69) is 77.4 Å². The van der Waals surface area contributed by atoms with Crippen LogP contribution in [0.25, 0.3) is 0 Å². The van der Waals surface area contributed by atoms with E-state index in [4.69, 9.17) is 19.9 Å². The second-order valence-electron chi connectivity index (χ2n) is 12.0. The zero-order valence-electron chi connectivity index (χ0n) is 30.2. The van der Waals surface area contributed by atoms with Gasteiger partial charge in [-0.05, 0) is 39.9 Å². The molecule has 0 saturated carbocycles. The van der Waals surface area contributed by atoms with Crippen molar-refractivity contribution in [3.05, 3.63) is 36.1 Å². The summed E-state index contributed by atoms with van der Waals surface area (Å²) < 4.78 is 20.5. The molecule has 0 bridgehead atoms. The molecule has 2 aliphatic heterocycles. The number of halogens is 1. The van der Waals surface area contributed by atoms with Gasteiger partial charge < -0.3 is 39.8 Å².